The summed E-state index contributed by atoms with van der Waals surface area (Å²) in [6, 6.07) is 5.74. The van der Waals surface area contributed by atoms with E-state index >= 15 is 0 Å². The second-order valence-electron chi connectivity index (χ2n) is 1.92. The van der Waals surface area contributed by atoms with Gasteiger partial charge >= 0.3 is 0 Å². The van der Waals surface area contributed by atoms with Gasteiger partial charge in [0.05, 0.1) is 0 Å². The third-order valence-electron chi connectivity index (χ3n) is 1.19. The van der Waals surface area contributed by atoms with E-state index in [0.29, 0.717) is 6.16 Å². The molecule has 0 fully saturated rings. The van der Waals surface area contributed by atoms with Crippen molar-refractivity contribution in [1.29, 1.82) is 0 Å². The average molecular weight is 153 g/mol. The molecular weight excluding hydrogens is 145 g/mol. The Hall–Kier alpha value is -0.750. The summed E-state index contributed by atoms with van der Waals surface area (Å²) < 4.78 is 10.0. The molecule has 1 rings (SSSR count). The van der Waals surface area contributed by atoms with Gasteiger partial charge in [0.15, 0.2) is 8.46 Å². The summed E-state index contributed by atoms with van der Waals surface area (Å²) in [4.78, 5) is 4.07. The molecule has 1 aromatic heterocycles. The number of nitrogens with zero attached hydrogens (tertiary/aromatic N) is 1. The summed E-state index contributed by atoms with van der Waals surface area (Å²) in [5, 5.41) is 0. The number of hydrogen-bond donors (Lipinski definition) is 0. The molecule has 0 unspecified atom stereocenters. The fraction of sp³-hybridized carbons (Fsp3) is 0.286. The number of rotatable bonds is 3. The van der Waals surface area contributed by atoms with Crippen molar-refractivity contribution in [2.45, 2.75) is 6.42 Å². The normalized spacial score (nSPS) is 10.0. The van der Waals surface area contributed by atoms with Crippen LogP contribution in [0, 0.1) is 0 Å². The van der Waals surface area contributed by atoms with Gasteiger partial charge in [0.2, 0.25) is 0 Å². The van der Waals surface area contributed by atoms with Gasteiger partial charge in [0.25, 0.3) is 0 Å². The molecule has 1 aromatic rings. The Labute approximate surface area is 61.5 Å². The minimum Gasteiger partial charge on any atom is -0.275 e. The van der Waals surface area contributed by atoms with E-state index in [4.69, 9.17) is 0 Å². The van der Waals surface area contributed by atoms with Gasteiger partial charge in [-0.05, 0) is 12.1 Å². The average Bonchev–Trinajstić information content (AvgIpc) is 2.03. The van der Waals surface area contributed by atoms with Crippen molar-refractivity contribution in [3.05, 3.63) is 30.1 Å². The van der Waals surface area contributed by atoms with Crippen LogP contribution in [-0.2, 0) is 11.0 Å². The molecule has 0 bridgehead atoms. The molecule has 0 N–H and O–H groups in total. The first-order valence-corrected chi connectivity index (χ1v) is 4.12. The Morgan fingerprint density at radius 2 is 2.40 bits per heavy atom. The van der Waals surface area contributed by atoms with Gasteiger partial charge in [-0.15, -0.1) is 0 Å². The van der Waals surface area contributed by atoms with Crippen LogP contribution in [0.4, 0.5) is 0 Å². The third-order valence-corrected chi connectivity index (χ3v) is 1.59. The van der Waals surface area contributed by atoms with E-state index < -0.39 is 0 Å². The van der Waals surface area contributed by atoms with Crippen molar-refractivity contribution < 1.29 is 4.57 Å². The highest BCUT2D eigenvalue weighted by Gasteiger charge is 1.90. The van der Waals surface area contributed by atoms with Gasteiger partial charge in [-0.1, -0.05) is 6.07 Å². The van der Waals surface area contributed by atoms with Crippen LogP contribution in [0.1, 0.15) is 5.69 Å². The molecule has 0 aliphatic carbocycles. The first-order chi connectivity index (χ1) is 4.93. The predicted molar refractivity (Wildman–Crippen MR) is 40.4 cm³/mol. The fourth-order valence-electron chi connectivity index (χ4n) is 0.706. The first kappa shape index (κ1) is 7.36. The van der Waals surface area contributed by atoms with E-state index in [-0.39, 0.29) is 8.46 Å². The number of aryl methyl sites for hydroxylation is 1. The summed E-state index contributed by atoms with van der Waals surface area (Å²) in [6.07, 6.45) is 3.21. The molecule has 0 spiro atoms. The quantitative estimate of drug-likeness (QED) is 0.621. The highest BCUT2D eigenvalue weighted by Crippen LogP contribution is 1.99. The van der Waals surface area contributed by atoms with Gasteiger partial charge in [-0.2, -0.15) is 0 Å². The largest absolute Gasteiger partial charge is 0.275 e. The van der Waals surface area contributed by atoms with E-state index in [1.807, 2.05) is 18.2 Å². The standard InChI is InChI=1S/C7H8NOP/c9-10-6-4-7-3-1-2-5-8-7/h1-3,5H,4,6H2. The summed E-state index contributed by atoms with van der Waals surface area (Å²) in [5.74, 6) is 0. The Bertz CT molecular complexity index is 200. The molecule has 0 atom stereocenters. The van der Waals surface area contributed by atoms with E-state index in [0.717, 1.165) is 12.1 Å². The van der Waals surface area contributed by atoms with Crippen LogP contribution in [-0.4, -0.2) is 11.1 Å². The zero-order valence-corrected chi connectivity index (χ0v) is 6.42. The van der Waals surface area contributed by atoms with Crippen LogP contribution < -0.4 is 0 Å². The monoisotopic (exact) mass is 153 g/mol. The molecular formula is C7H8NOP. The van der Waals surface area contributed by atoms with Gasteiger partial charge in [0.1, 0.15) is 0 Å². The molecule has 1 heterocycles. The van der Waals surface area contributed by atoms with Crippen LogP contribution >= 0.6 is 8.46 Å². The number of pyridine rings is 1. The van der Waals surface area contributed by atoms with Gasteiger partial charge in [-0.25, -0.2) is 0 Å². The zero-order chi connectivity index (χ0) is 7.23. The molecule has 0 saturated heterocycles. The lowest BCUT2D eigenvalue weighted by Gasteiger charge is -1.91. The third kappa shape index (κ3) is 2.24. The lowest BCUT2D eigenvalue weighted by molar-refractivity contribution is 0.598. The molecule has 0 radical (unpaired) electrons. The number of hydrogen-bond acceptors (Lipinski definition) is 2. The lowest BCUT2D eigenvalue weighted by atomic mass is 10.3. The van der Waals surface area contributed by atoms with Gasteiger partial charge in [0, 0.05) is 24.5 Å². The molecule has 52 valence electrons. The SMILES string of the molecule is O=PCCc1ccccn1. The second-order valence-corrected chi connectivity index (χ2v) is 2.63. The Morgan fingerprint density at radius 1 is 1.50 bits per heavy atom. The second kappa shape index (κ2) is 4.13. The van der Waals surface area contributed by atoms with Crippen molar-refractivity contribution in [3.8, 4) is 0 Å². The maximum Gasteiger partial charge on any atom is 0.155 e. The summed E-state index contributed by atoms with van der Waals surface area (Å²) >= 11 is 0. The van der Waals surface area contributed by atoms with Crippen LogP contribution in [0.15, 0.2) is 24.4 Å². The number of aromatic nitrogens is 1. The van der Waals surface area contributed by atoms with Crippen molar-refractivity contribution in [1.82, 2.24) is 4.98 Å². The van der Waals surface area contributed by atoms with Crippen molar-refractivity contribution in [2.24, 2.45) is 0 Å². The van der Waals surface area contributed by atoms with Crippen molar-refractivity contribution >= 4 is 8.46 Å². The van der Waals surface area contributed by atoms with Crippen LogP contribution in [0.25, 0.3) is 0 Å². The highest BCUT2D eigenvalue weighted by molar-refractivity contribution is 7.23. The minimum atomic E-state index is 0.200. The predicted octanol–water partition coefficient (Wildman–Crippen LogP) is 1.92. The van der Waals surface area contributed by atoms with Crippen LogP contribution in [0.2, 0.25) is 0 Å². The van der Waals surface area contributed by atoms with Crippen molar-refractivity contribution in [3.63, 3.8) is 0 Å². The minimum absolute atomic E-state index is 0.200. The van der Waals surface area contributed by atoms with Crippen LogP contribution in [0.3, 0.4) is 0 Å². The Kier molecular flexibility index (Phi) is 3.04. The highest BCUT2D eigenvalue weighted by atomic mass is 31.1. The maximum absolute atomic E-state index is 10.0. The molecule has 0 aliphatic heterocycles. The molecule has 2 nitrogen and oxygen atoms in total. The smallest absolute Gasteiger partial charge is 0.155 e. The zero-order valence-electron chi connectivity index (χ0n) is 5.53. The summed E-state index contributed by atoms with van der Waals surface area (Å²) in [5.41, 5.74) is 1.01. The maximum atomic E-state index is 10.0. The lowest BCUT2D eigenvalue weighted by Crippen LogP contribution is -1.88. The summed E-state index contributed by atoms with van der Waals surface area (Å²) in [6.45, 7) is 0. The Balaban J connectivity index is 2.50. The molecule has 0 aliphatic rings. The molecule has 3 heteroatoms. The van der Waals surface area contributed by atoms with Crippen molar-refractivity contribution in [2.75, 3.05) is 6.16 Å². The van der Waals surface area contributed by atoms with E-state index in [2.05, 4.69) is 4.98 Å². The molecule has 0 amide bonds. The first-order valence-electron chi connectivity index (χ1n) is 3.12. The van der Waals surface area contributed by atoms with E-state index in [1.165, 1.54) is 0 Å². The van der Waals surface area contributed by atoms with Gasteiger partial charge in [-0.3, -0.25) is 9.55 Å². The topological polar surface area (TPSA) is 30.0 Å². The fourth-order valence-corrected chi connectivity index (χ4v) is 1.03. The van der Waals surface area contributed by atoms with Gasteiger partial charge < -0.3 is 0 Å². The molecule has 0 saturated carbocycles. The summed E-state index contributed by atoms with van der Waals surface area (Å²) in [7, 11) is 0.200. The van der Waals surface area contributed by atoms with Crippen LogP contribution in [0.5, 0.6) is 0 Å². The molecule has 10 heavy (non-hydrogen) atoms. The molecule has 0 aromatic carbocycles. The Morgan fingerprint density at radius 3 is 3.00 bits per heavy atom. The van der Waals surface area contributed by atoms with E-state index in [9.17, 15) is 4.57 Å². The van der Waals surface area contributed by atoms with E-state index in [1.54, 1.807) is 6.20 Å².